The molecule has 1 rings (SSSR count). The Morgan fingerprint density at radius 3 is 2.71 bits per heavy atom. The number of nitrogens with one attached hydrogen (secondary N) is 1. The summed E-state index contributed by atoms with van der Waals surface area (Å²) in [5.74, 6) is 0.108. The van der Waals surface area contributed by atoms with Crippen LogP contribution in [0.3, 0.4) is 0 Å². The molecule has 1 atom stereocenters. The van der Waals surface area contributed by atoms with E-state index in [0.29, 0.717) is 22.7 Å². The largest absolute Gasteiger partial charge is 0.507 e. The molecule has 0 aliphatic carbocycles. The quantitative estimate of drug-likeness (QED) is 0.718. The monoisotopic (exact) mass is 215 g/mol. The molecule has 14 heavy (non-hydrogen) atoms. The summed E-state index contributed by atoms with van der Waals surface area (Å²) < 4.78 is 0. The van der Waals surface area contributed by atoms with Gasteiger partial charge in [-0.05, 0) is 31.7 Å². The van der Waals surface area contributed by atoms with Gasteiger partial charge in [-0.1, -0.05) is 11.6 Å². The highest BCUT2D eigenvalue weighted by atomic mass is 35.5. The van der Waals surface area contributed by atoms with Gasteiger partial charge in [0.1, 0.15) is 5.75 Å². The Bertz CT molecular complexity index is 328. The van der Waals surface area contributed by atoms with E-state index in [9.17, 15) is 10.2 Å². The van der Waals surface area contributed by atoms with Gasteiger partial charge in [0.05, 0.1) is 6.10 Å². The lowest BCUT2D eigenvalue weighted by Gasteiger charge is -2.14. The second-order valence-corrected chi connectivity index (χ2v) is 3.67. The van der Waals surface area contributed by atoms with Crippen LogP contribution >= 0.6 is 11.6 Å². The highest BCUT2D eigenvalue weighted by Gasteiger charge is 2.13. The molecule has 0 amide bonds. The maximum absolute atomic E-state index is 9.67. The molecule has 4 heteroatoms. The van der Waals surface area contributed by atoms with E-state index in [0.717, 1.165) is 0 Å². The molecule has 1 aromatic rings. The number of aliphatic hydroxyl groups is 1. The van der Waals surface area contributed by atoms with Crippen LogP contribution in [0, 0.1) is 6.92 Å². The fraction of sp³-hybridized carbons (Fsp3) is 0.400. The molecule has 1 unspecified atom stereocenters. The van der Waals surface area contributed by atoms with Crippen LogP contribution in [0.1, 0.15) is 17.2 Å². The van der Waals surface area contributed by atoms with E-state index in [1.807, 2.05) is 0 Å². The van der Waals surface area contributed by atoms with Crippen LogP contribution in [0.5, 0.6) is 5.75 Å². The SMILES string of the molecule is CNCC(O)c1cc(Cl)cc(C)c1O. The van der Waals surface area contributed by atoms with E-state index in [1.54, 1.807) is 26.1 Å². The van der Waals surface area contributed by atoms with Crippen molar-refractivity contribution < 1.29 is 10.2 Å². The maximum Gasteiger partial charge on any atom is 0.124 e. The van der Waals surface area contributed by atoms with Crippen molar-refractivity contribution in [1.29, 1.82) is 0 Å². The zero-order valence-corrected chi connectivity index (χ0v) is 8.97. The number of aromatic hydroxyl groups is 1. The molecule has 0 saturated heterocycles. The minimum Gasteiger partial charge on any atom is -0.507 e. The average molecular weight is 216 g/mol. The molecule has 0 heterocycles. The van der Waals surface area contributed by atoms with Crippen molar-refractivity contribution in [1.82, 2.24) is 5.32 Å². The third-order valence-corrected chi connectivity index (χ3v) is 2.27. The molecule has 0 spiro atoms. The molecule has 3 nitrogen and oxygen atoms in total. The number of phenols is 1. The van der Waals surface area contributed by atoms with E-state index in [-0.39, 0.29) is 5.75 Å². The maximum atomic E-state index is 9.67. The van der Waals surface area contributed by atoms with Gasteiger partial charge in [-0.2, -0.15) is 0 Å². The number of aliphatic hydroxyl groups excluding tert-OH is 1. The molecule has 0 saturated carbocycles. The first-order valence-electron chi connectivity index (χ1n) is 4.38. The summed E-state index contributed by atoms with van der Waals surface area (Å²) in [4.78, 5) is 0. The van der Waals surface area contributed by atoms with Gasteiger partial charge in [-0.15, -0.1) is 0 Å². The van der Waals surface area contributed by atoms with E-state index in [2.05, 4.69) is 5.32 Å². The zero-order chi connectivity index (χ0) is 10.7. The predicted molar refractivity (Wildman–Crippen MR) is 56.7 cm³/mol. The van der Waals surface area contributed by atoms with E-state index < -0.39 is 6.10 Å². The Balaban J connectivity index is 3.07. The van der Waals surface area contributed by atoms with E-state index >= 15 is 0 Å². The first-order valence-corrected chi connectivity index (χ1v) is 4.75. The Morgan fingerprint density at radius 2 is 2.14 bits per heavy atom. The highest BCUT2D eigenvalue weighted by Crippen LogP contribution is 2.30. The number of rotatable bonds is 3. The number of hydrogen-bond donors (Lipinski definition) is 3. The van der Waals surface area contributed by atoms with Crippen LogP contribution in [0.15, 0.2) is 12.1 Å². The van der Waals surface area contributed by atoms with E-state index in [1.165, 1.54) is 0 Å². The van der Waals surface area contributed by atoms with Crippen LogP contribution in [0.25, 0.3) is 0 Å². The molecule has 0 aromatic heterocycles. The normalized spacial score (nSPS) is 12.9. The van der Waals surface area contributed by atoms with Crippen LogP contribution < -0.4 is 5.32 Å². The number of aryl methyl sites for hydroxylation is 1. The second-order valence-electron chi connectivity index (χ2n) is 3.23. The summed E-state index contributed by atoms with van der Waals surface area (Å²) in [6.07, 6.45) is -0.739. The van der Waals surface area contributed by atoms with Gasteiger partial charge in [0.15, 0.2) is 0 Å². The van der Waals surface area contributed by atoms with Gasteiger partial charge >= 0.3 is 0 Å². The third-order valence-electron chi connectivity index (χ3n) is 2.05. The summed E-state index contributed by atoms with van der Waals surface area (Å²) in [6, 6.07) is 3.23. The number of likely N-dealkylation sites (N-methyl/N-ethyl adjacent to an activating group) is 1. The van der Waals surface area contributed by atoms with Gasteiger partial charge in [-0.25, -0.2) is 0 Å². The summed E-state index contributed by atoms with van der Waals surface area (Å²) in [5.41, 5.74) is 1.13. The fourth-order valence-corrected chi connectivity index (χ4v) is 1.60. The Kier molecular flexibility index (Phi) is 3.75. The van der Waals surface area contributed by atoms with Crippen LogP contribution in [0.4, 0.5) is 0 Å². The molecule has 0 radical (unpaired) electrons. The van der Waals surface area contributed by atoms with Gasteiger partial charge in [0.25, 0.3) is 0 Å². The summed E-state index contributed by atoms with van der Waals surface area (Å²) in [6.45, 7) is 2.13. The van der Waals surface area contributed by atoms with Crippen LogP contribution in [-0.2, 0) is 0 Å². The molecular weight excluding hydrogens is 202 g/mol. The van der Waals surface area contributed by atoms with Crippen molar-refractivity contribution in [2.24, 2.45) is 0 Å². The number of phenolic OH excluding ortho intramolecular Hbond substituents is 1. The lowest BCUT2D eigenvalue weighted by Crippen LogP contribution is -2.16. The molecule has 3 N–H and O–H groups in total. The zero-order valence-electron chi connectivity index (χ0n) is 8.21. The average Bonchev–Trinajstić information content (AvgIpc) is 2.11. The van der Waals surface area contributed by atoms with Crippen LogP contribution in [0.2, 0.25) is 5.02 Å². The lowest BCUT2D eigenvalue weighted by atomic mass is 10.0. The van der Waals surface area contributed by atoms with Crippen molar-refractivity contribution in [3.05, 3.63) is 28.3 Å². The van der Waals surface area contributed by atoms with Crippen molar-refractivity contribution in [2.45, 2.75) is 13.0 Å². The minimum absolute atomic E-state index is 0.108. The van der Waals surface area contributed by atoms with Crippen LogP contribution in [-0.4, -0.2) is 23.8 Å². The molecule has 1 aromatic carbocycles. The predicted octanol–water partition coefficient (Wildman–Crippen LogP) is 1.61. The lowest BCUT2D eigenvalue weighted by molar-refractivity contribution is 0.174. The first kappa shape index (κ1) is 11.3. The highest BCUT2D eigenvalue weighted by molar-refractivity contribution is 6.30. The Labute approximate surface area is 88.3 Å². The molecule has 0 fully saturated rings. The van der Waals surface area contributed by atoms with Crippen molar-refractivity contribution >= 4 is 11.6 Å². The molecule has 0 bridgehead atoms. The molecule has 0 aliphatic heterocycles. The van der Waals surface area contributed by atoms with Gasteiger partial charge in [0, 0.05) is 17.1 Å². The van der Waals surface area contributed by atoms with Gasteiger partial charge in [-0.3, -0.25) is 0 Å². The Morgan fingerprint density at radius 1 is 1.50 bits per heavy atom. The standard InChI is InChI=1S/C10H14ClNO2/c1-6-3-7(11)4-8(10(6)14)9(13)5-12-2/h3-4,9,12-14H,5H2,1-2H3. The third kappa shape index (κ3) is 2.38. The van der Waals surface area contributed by atoms with Gasteiger partial charge in [0.2, 0.25) is 0 Å². The van der Waals surface area contributed by atoms with Crippen molar-refractivity contribution in [3.63, 3.8) is 0 Å². The summed E-state index contributed by atoms with van der Waals surface area (Å²) in [5, 5.41) is 22.7. The summed E-state index contributed by atoms with van der Waals surface area (Å²) >= 11 is 5.82. The summed E-state index contributed by atoms with van der Waals surface area (Å²) in [7, 11) is 1.73. The van der Waals surface area contributed by atoms with Crippen molar-refractivity contribution in [2.75, 3.05) is 13.6 Å². The number of hydrogen-bond acceptors (Lipinski definition) is 3. The Hall–Kier alpha value is -0.770. The second kappa shape index (κ2) is 4.64. The fourth-order valence-electron chi connectivity index (χ4n) is 1.32. The topological polar surface area (TPSA) is 52.5 Å². The van der Waals surface area contributed by atoms with E-state index in [4.69, 9.17) is 11.6 Å². The number of halogens is 1. The molecule has 0 aliphatic rings. The van der Waals surface area contributed by atoms with Crippen molar-refractivity contribution in [3.8, 4) is 5.75 Å². The smallest absolute Gasteiger partial charge is 0.124 e. The van der Waals surface area contributed by atoms with Gasteiger partial charge < -0.3 is 15.5 Å². The number of benzene rings is 1. The molecular formula is C10H14ClNO2. The minimum atomic E-state index is -0.739. The first-order chi connectivity index (χ1) is 6.56. The molecule has 78 valence electrons.